The summed E-state index contributed by atoms with van der Waals surface area (Å²) in [6.45, 7) is 7.89. The van der Waals surface area contributed by atoms with Crippen LogP contribution in [0.3, 0.4) is 0 Å². The fourth-order valence-electron chi connectivity index (χ4n) is 4.38. The van der Waals surface area contributed by atoms with E-state index in [1.54, 1.807) is 28.5 Å². The van der Waals surface area contributed by atoms with Gasteiger partial charge in [0, 0.05) is 62.5 Å². The quantitative estimate of drug-likeness (QED) is 0.564. The van der Waals surface area contributed by atoms with Gasteiger partial charge in [0.15, 0.2) is 5.82 Å². The smallest absolute Gasteiger partial charge is 0.251 e. The van der Waals surface area contributed by atoms with Gasteiger partial charge in [0.05, 0.1) is 18.6 Å². The molecular weight excluding hydrogens is 466 g/mol. The van der Waals surface area contributed by atoms with Crippen LogP contribution in [0.1, 0.15) is 17.5 Å². The Kier molecular flexibility index (Phi) is 6.88. The van der Waals surface area contributed by atoms with Gasteiger partial charge in [0.2, 0.25) is 0 Å². The standard InChI is InChI=1S/C24H27N7O3S/c1-16(32)24(33)31-6-4-29(5-7-31)15-19-12-20-22(30-8-10-34-11-9-30)27-21(28-23(20)35-19)17-2-3-18(13-25)26-14-17/h2-3,12,14,16,32H,4-11,15H2,1H3/t16-/m0/s1. The molecule has 0 radical (unpaired) electrons. The predicted molar refractivity (Wildman–Crippen MR) is 132 cm³/mol. The van der Waals surface area contributed by atoms with Crippen LogP contribution >= 0.6 is 11.3 Å². The third-order valence-corrected chi connectivity index (χ3v) is 7.30. The van der Waals surface area contributed by atoms with E-state index in [-0.39, 0.29) is 5.91 Å². The molecule has 1 amide bonds. The maximum atomic E-state index is 12.1. The molecule has 3 aromatic rings. The van der Waals surface area contributed by atoms with Gasteiger partial charge in [-0.05, 0) is 25.1 Å². The maximum Gasteiger partial charge on any atom is 0.251 e. The van der Waals surface area contributed by atoms with Crippen molar-refractivity contribution in [2.24, 2.45) is 0 Å². The first-order chi connectivity index (χ1) is 17.0. The minimum atomic E-state index is -0.957. The lowest BCUT2D eigenvalue weighted by Gasteiger charge is -2.35. The number of aliphatic hydroxyl groups is 1. The first-order valence-electron chi connectivity index (χ1n) is 11.7. The van der Waals surface area contributed by atoms with E-state index in [0.29, 0.717) is 37.8 Å². The molecule has 0 bridgehead atoms. The summed E-state index contributed by atoms with van der Waals surface area (Å²) in [7, 11) is 0. The first-order valence-corrected chi connectivity index (χ1v) is 12.5. The van der Waals surface area contributed by atoms with Crippen LogP contribution in [0.2, 0.25) is 0 Å². The van der Waals surface area contributed by atoms with E-state index >= 15 is 0 Å². The van der Waals surface area contributed by atoms with Gasteiger partial charge in [-0.15, -0.1) is 11.3 Å². The minimum Gasteiger partial charge on any atom is -0.384 e. The number of nitriles is 1. The normalized spacial score (nSPS) is 18.0. The van der Waals surface area contributed by atoms with E-state index in [1.165, 1.54) is 11.8 Å². The number of aliphatic hydroxyl groups excluding tert-OH is 1. The number of thiophene rings is 1. The number of hydrogen-bond donors (Lipinski definition) is 1. The monoisotopic (exact) mass is 493 g/mol. The van der Waals surface area contributed by atoms with Crippen LogP contribution in [0, 0.1) is 11.3 Å². The largest absolute Gasteiger partial charge is 0.384 e. The molecule has 0 aliphatic carbocycles. The van der Waals surface area contributed by atoms with Crippen molar-refractivity contribution >= 4 is 33.3 Å². The van der Waals surface area contributed by atoms with Crippen molar-refractivity contribution < 1.29 is 14.6 Å². The van der Waals surface area contributed by atoms with Crippen LogP contribution in [0.5, 0.6) is 0 Å². The van der Waals surface area contributed by atoms with Crippen LogP contribution in [0.4, 0.5) is 5.82 Å². The van der Waals surface area contributed by atoms with Crippen molar-refractivity contribution in [3.63, 3.8) is 0 Å². The lowest BCUT2D eigenvalue weighted by Crippen LogP contribution is -2.50. The third kappa shape index (κ3) is 5.11. The molecule has 1 atom stereocenters. The number of rotatable bonds is 5. The Morgan fingerprint density at radius 1 is 1.20 bits per heavy atom. The van der Waals surface area contributed by atoms with E-state index in [0.717, 1.165) is 54.3 Å². The fraction of sp³-hybridized carbons (Fsp3) is 0.458. The van der Waals surface area contributed by atoms with E-state index in [9.17, 15) is 9.90 Å². The Balaban J connectivity index is 1.41. The number of piperazine rings is 1. The summed E-state index contributed by atoms with van der Waals surface area (Å²) in [5, 5.41) is 19.7. The molecule has 5 rings (SSSR count). The molecule has 0 unspecified atom stereocenters. The second-order valence-corrected chi connectivity index (χ2v) is 9.84. The summed E-state index contributed by atoms with van der Waals surface area (Å²) < 4.78 is 5.55. The number of ether oxygens (including phenoxy) is 1. The van der Waals surface area contributed by atoms with Crippen molar-refractivity contribution in [1.29, 1.82) is 5.26 Å². The SMILES string of the molecule is C[C@H](O)C(=O)N1CCN(Cc2cc3c(N4CCOCC4)nc(-c4ccc(C#N)nc4)nc3s2)CC1. The molecule has 182 valence electrons. The number of morpholine rings is 1. The van der Waals surface area contributed by atoms with Crippen LogP contribution < -0.4 is 4.90 Å². The summed E-state index contributed by atoms with van der Waals surface area (Å²) in [5.74, 6) is 1.28. The summed E-state index contributed by atoms with van der Waals surface area (Å²) in [6.07, 6.45) is 0.688. The summed E-state index contributed by atoms with van der Waals surface area (Å²) >= 11 is 1.65. The zero-order valence-electron chi connectivity index (χ0n) is 19.6. The zero-order chi connectivity index (χ0) is 24.4. The molecular formula is C24H27N7O3S. The molecule has 0 spiro atoms. The molecule has 2 aliphatic rings. The molecule has 0 saturated carbocycles. The minimum absolute atomic E-state index is 0.207. The van der Waals surface area contributed by atoms with Crippen LogP contribution in [-0.4, -0.2) is 94.4 Å². The lowest BCUT2D eigenvalue weighted by atomic mass is 10.2. The highest BCUT2D eigenvalue weighted by Gasteiger charge is 2.25. The number of fused-ring (bicyclic) bond motifs is 1. The number of nitrogens with zero attached hydrogens (tertiary/aromatic N) is 7. The fourth-order valence-corrected chi connectivity index (χ4v) is 5.45. The number of hydrogen-bond acceptors (Lipinski definition) is 10. The summed E-state index contributed by atoms with van der Waals surface area (Å²) in [6, 6.07) is 7.73. The predicted octanol–water partition coefficient (Wildman–Crippen LogP) is 1.49. The number of amides is 1. The van der Waals surface area contributed by atoms with Crippen LogP contribution in [0.15, 0.2) is 24.4 Å². The Hall–Kier alpha value is -3.17. The molecule has 2 aliphatic heterocycles. The Morgan fingerprint density at radius 3 is 2.63 bits per heavy atom. The van der Waals surface area contributed by atoms with Gasteiger partial charge in [-0.25, -0.2) is 15.0 Å². The topological polar surface area (TPSA) is 119 Å². The molecule has 3 aromatic heterocycles. The highest BCUT2D eigenvalue weighted by atomic mass is 32.1. The van der Waals surface area contributed by atoms with Gasteiger partial charge in [0.1, 0.15) is 28.5 Å². The Morgan fingerprint density at radius 2 is 1.97 bits per heavy atom. The van der Waals surface area contributed by atoms with Gasteiger partial charge < -0.3 is 19.6 Å². The second kappa shape index (κ2) is 10.2. The van der Waals surface area contributed by atoms with Gasteiger partial charge in [-0.3, -0.25) is 9.69 Å². The van der Waals surface area contributed by atoms with E-state index in [1.807, 2.05) is 12.1 Å². The van der Waals surface area contributed by atoms with Gasteiger partial charge in [-0.2, -0.15) is 5.26 Å². The molecule has 2 saturated heterocycles. The summed E-state index contributed by atoms with van der Waals surface area (Å²) in [5.41, 5.74) is 1.13. The Bertz CT molecular complexity index is 1240. The number of carbonyl (C=O) groups is 1. The number of pyridine rings is 1. The van der Waals surface area contributed by atoms with E-state index in [2.05, 4.69) is 20.9 Å². The molecule has 2 fully saturated rings. The molecule has 10 nitrogen and oxygen atoms in total. The van der Waals surface area contributed by atoms with Gasteiger partial charge >= 0.3 is 0 Å². The zero-order valence-corrected chi connectivity index (χ0v) is 20.4. The molecule has 35 heavy (non-hydrogen) atoms. The van der Waals surface area contributed by atoms with Crippen molar-refractivity contribution in [2.45, 2.75) is 19.6 Å². The second-order valence-electron chi connectivity index (χ2n) is 8.72. The van der Waals surface area contributed by atoms with Crippen molar-refractivity contribution in [1.82, 2.24) is 24.8 Å². The van der Waals surface area contributed by atoms with E-state index in [4.69, 9.17) is 20.0 Å². The van der Waals surface area contributed by atoms with Crippen LogP contribution in [-0.2, 0) is 16.1 Å². The lowest BCUT2D eigenvalue weighted by molar-refractivity contribution is -0.141. The van der Waals surface area contributed by atoms with Gasteiger partial charge in [-0.1, -0.05) is 0 Å². The average Bonchev–Trinajstić information content (AvgIpc) is 3.31. The first kappa shape index (κ1) is 23.6. The van der Waals surface area contributed by atoms with Gasteiger partial charge in [0.25, 0.3) is 5.91 Å². The average molecular weight is 494 g/mol. The summed E-state index contributed by atoms with van der Waals surface area (Å²) in [4.78, 5) is 34.4. The van der Waals surface area contributed by atoms with E-state index < -0.39 is 6.10 Å². The number of carbonyl (C=O) groups excluding carboxylic acids is 1. The third-order valence-electron chi connectivity index (χ3n) is 6.29. The molecule has 0 aromatic carbocycles. The van der Waals surface area contributed by atoms with Crippen molar-refractivity contribution in [3.05, 3.63) is 35.0 Å². The van der Waals surface area contributed by atoms with Crippen molar-refractivity contribution in [3.8, 4) is 17.5 Å². The van der Waals surface area contributed by atoms with Crippen molar-refractivity contribution in [2.75, 3.05) is 57.4 Å². The molecule has 1 N–H and O–H groups in total. The highest BCUT2D eigenvalue weighted by molar-refractivity contribution is 7.18. The number of anilines is 1. The van der Waals surface area contributed by atoms with Crippen LogP contribution in [0.25, 0.3) is 21.6 Å². The Labute approximate surface area is 207 Å². The molecule has 11 heteroatoms. The number of aromatic nitrogens is 3. The highest BCUT2D eigenvalue weighted by Crippen LogP contribution is 2.34. The maximum absolute atomic E-state index is 12.1. The molecule has 5 heterocycles.